The molecule has 2 heterocycles. The Morgan fingerprint density at radius 1 is 1.13 bits per heavy atom. The fourth-order valence-corrected chi connectivity index (χ4v) is 6.59. The number of aromatic nitrogens is 2. The van der Waals surface area contributed by atoms with E-state index < -0.39 is 10.0 Å². The molecule has 1 N–H and O–H groups in total. The minimum absolute atomic E-state index is 0.0370. The maximum absolute atomic E-state index is 13.5. The maximum Gasteiger partial charge on any atom is 0.268 e. The van der Waals surface area contributed by atoms with Crippen molar-refractivity contribution in [2.45, 2.75) is 76.3 Å². The molecule has 1 amide bonds. The van der Waals surface area contributed by atoms with Gasteiger partial charge >= 0.3 is 0 Å². The van der Waals surface area contributed by atoms with Crippen LogP contribution in [0, 0.1) is 13.8 Å². The van der Waals surface area contributed by atoms with Crippen molar-refractivity contribution in [3.05, 3.63) is 41.2 Å². The first kappa shape index (κ1) is 20.9. The van der Waals surface area contributed by atoms with Crippen molar-refractivity contribution in [2.75, 3.05) is 10.8 Å². The number of amides is 1. The van der Waals surface area contributed by atoms with Crippen molar-refractivity contribution in [1.29, 1.82) is 0 Å². The number of sulfonamides is 1. The first-order valence-corrected chi connectivity index (χ1v) is 12.3. The second-order valence-electron chi connectivity index (χ2n) is 8.37. The molecule has 0 atom stereocenters. The van der Waals surface area contributed by atoms with E-state index in [1.807, 2.05) is 24.3 Å². The van der Waals surface area contributed by atoms with Crippen molar-refractivity contribution < 1.29 is 13.2 Å². The van der Waals surface area contributed by atoms with Crippen LogP contribution in [0.4, 0.5) is 5.69 Å². The summed E-state index contributed by atoms with van der Waals surface area (Å²) >= 11 is 0. The number of benzene rings is 1. The van der Waals surface area contributed by atoms with Crippen LogP contribution in [0.15, 0.2) is 29.2 Å². The van der Waals surface area contributed by atoms with Crippen LogP contribution >= 0.6 is 0 Å². The van der Waals surface area contributed by atoms with Gasteiger partial charge in [0.05, 0.1) is 17.1 Å². The van der Waals surface area contributed by atoms with Gasteiger partial charge in [-0.25, -0.2) is 8.42 Å². The van der Waals surface area contributed by atoms with Gasteiger partial charge < -0.3 is 5.32 Å². The number of nitrogens with zero attached hydrogens (tertiary/aromatic N) is 3. The topological polar surface area (TPSA) is 84.3 Å². The summed E-state index contributed by atoms with van der Waals surface area (Å²) in [4.78, 5) is 12.8. The molecule has 0 radical (unpaired) electrons. The lowest BCUT2D eigenvalue weighted by molar-refractivity contribution is -0.122. The Bertz CT molecular complexity index is 1040. The fourth-order valence-electron chi connectivity index (χ4n) is 4.71. The van der Waals surface area contributed by atoms with Crippen LogP contribution in [-0.4, -0.2) is 36.7 Å². The van der Waals surface area contributed by atoms with E-state index in [1.54, 1.807) is 13.8 Å². The van der Waals surface area contributed by atoms with Gasteiger partial charge in [-0.1, -0.05) is 43.9 Å². The molecule has 4 rings (SSSR count). The summed E-state index contributed by atoms with van der Waals surface area (Å²) in [5.41, 5.74) is 2.70. The van der Waals surface area contributed by atoms with E-state index in [9.17, 15) is 13.2 Å². The molecule has 1 saturated carbocycles. The standard InChI is InChI=1S/C22H30N4O3S/c1-16-22(30(28,29)26-14-13-18-9-7-8-12-20(18)26)17(2)25(24-16)15-21(27)23-19-10-5-3-4-6-11-19/h7-9,12,19H,3-6,10-11,13-15H2,1-2H3,(H,23,27). The molecule has 1 fully saturated rings. The van der Waals surface area contributed by atoms with Crippen molar-refractivity contribution in [3.63, 3.8) is 0 Å². The summed E-state index contributed by atoms with van der Waals surface area (Å²) in [6.07, 6.45) is 7.46. The van der Waals surface area contributed by atoms with Gasteiger partial charge in [0.1, 0.15) is 11.4 Å². The van der Waals surface area contributed by atoms with Crippen LogP contribution in [0.3, 0.4) is 0 Å². The fraction of sp³-hybridized carbons (Fsp3) is 0.545. The highest BCUT2D eigenvalue weighted by atomic mass is 32.2. The number of carbonyl (C=O) groups is 1. The summed E-state index contributed by atoms with van der Waals surface area (Å²) < 4.78 is 29.9. The summed E-state index contributed by atoms with van der Waals surface area (Å²) in [5, 5.41) is 7.52. The van der Waals surface area contributed by atoms with Gasteiger partial charge in [0, 0.05) is 12.6 Å². The third-order valence-corrected chi connectivity index (χ3v) is 8.29. The van der Waals surface area contributed by atoms with Gasteiger partial charge in [0.2, 0.25) is 5.91 Å². The SMILES string of the molecule is Cc1nn(CC(=O)NC2CCCCCC2)c(C)c1S(=O)(=O)N1CCc2ccccc21. The lowest BCUT2D eigenvalue weighted by Gasteiger charge is -2.20. The van der Waals surface area contributed by atoms with Crippen LogP contribution < -0.4 is 9.62 Å². The maximum atomic E-state index is 13.5. The highest BCUT2D eigenvalue weighted by molar-refractivity contribution is 7.93. The second-order valence-corrected chi connectivity index (χ2v) is 10.2. The number of carbonyl (C=O) groups excluding carboxylic acids is 1. The molecule has 1 aliphatic heterocycles. The third-order valence-electron chi connectivity index (χ3n) is 6.22. The van der Waals surface area contributed by atoms with E-state index in [0.717, 1.165) is 36.9 Å². The number of hydrogen-bond donors (Lipinski definition) is 1. The second kappa shape index (κ2) is 8.41. The molecule has 0 saturated heterocycles. The van der Waals surface area contributed by atoms with E-state index in [4.69, 9.17) is 0 Å². The monoisotopic (exact) mass is 430 g/mol. The number of anilines is 1. The highest BCUT2D eigenvalue weighted by Gasteiger charge is 2.35. The molecule has 0 bridgehead atoms. The summed E-state index contributed by atoms with van der Waals surface area (Å²) in [6.45, 7) is 3.89. The molecule has 2 aromatic rings. The Kier molecular flexibility index (Phi) is 5.86. The summed E-state index contributed by atoms with van der Waals surface area (Å²) in [6, 6.07) is 7.80. The molecular formula is C22H30N4O3S. The zero-order chi connectivity index (χ0) is 21.3. The van der Waals surface area contributed by atoms with E-state index in [1.165, 1.54) is 21.8 Å². The number of rotatable bonds is 5. The van der Waals surface area contributed by atoms with Crippen LogP contribution in [0.25, 0.3) is 0 Å². The molecule has 0 unspecified atom stereocenters. The smallest absolute Gasteiger partial charge is 0.268 e. The Labute approximate surface area is 178 Å². The van der Waals surface area contributed by atoms with Crippen molar-refractivity contribution >= 4 is 21.6 Å². The van der Waals surface area contributed by atoms with Crippen molar-refractivity contribution in [1.82, 2.24) is 15.1 Å². The van der Waals surface area contributed by atoms with Crippen LogP contribution in [0.2, 0.25) is 0 Å². The first-order chi connectivity index (χ1) is 14.4. The molecular weight excluding hydrogens is 400 g/mol. The number of hydrogen-bond acceptors (Lipinski definition) is 4. The quantitative estimate of drug-likeness (QED) is 0.739. The minimum atomic E-state index is -3.74. The number of para-hydroxylation sites is 1. The lowest BCUT2D eigenvalue weighted by Crippen LogP contribution is -2.37. The van der Waals surface area contributed by atoms with Crippen LogP contribution in [-0.2, 0) is 27.8 Å². The van der Waals surface area contributed by atoms with E-state index in [0.29, 0.717) is 24.4 Å². The third kappa shape index (κ3) is 3.97. The number of nitrogens with one attached hydrogen (secondary N) is 1. The van der Waals surface area contributed by atoms with Crippen LogP contribution in [0.5, 0.6) is 0 Å². The van der Waals surface area contributed by atoms with Gasteiger partial charge in [-0.05, 0) is 44.7 Å². The molecule has 2 aliphatic rings. The molecule has 7 nitrogen and oxygen atoms in total. The highest BCUT2D eigenvalue weighted by Crippen LogP contribution is 2.34. The van der Waals surface area contributed by atoms with Gasteiger partial charge in [-0.15, -0.1) is 0 Å². The van der Waals surface area contributed by atoms with Gasteiger partial charge in [0.25, 0.3) is 10.0 Å². The Balaban J connectivity index is 1.54. The van der Waals surface area contributed by atoms with Gasteiger partial charge in [0.15, 0.2) is 0 Å². The average Bonchev–Trinajstić information content (AvgIpc) is 3.14. The zero-order valence-electron chi connectivity index (χ0n) is 17.7. The predicted molar refractivity (Wildman–Crippen MR) is 116 cm³/mol. The van der Waals surface area contributed by atoms with Crippen molar-refractivity contribution in [3.8, 4) is 0 Å². The molecule has 1 aromatic heterocycles. The Hall–Kier alpha value is -2.35. The average molecular weight is 431 g/mol. The predicted octanol–water partition coefficient (Wildman–Crippen LogP) is 3.09. The normalized spacial score (nSPS) is 17.6. The minimum Gasteiger partial charge on any atom is -0.352 e. The van der Waals surface area contributed by atoms with E-state index in [2.05, 4.69) is 10.4 Å². The molecule has 30 heavy (non-hydrogen) atoms. The van der Waals surface area contributed by atoms with Crippen LogP contribution in [0.1, 0.15) is 55.5 Å². The molecule has 1 aliphatic carbocycles. The van der Waals surface area contributed by atoms with Gasteiger partial charge in [-0.3, -0.25) is 13.8 Å². The zero-order valence-corrected chi connectivity index (χ0v) is 18.5. The number of fused-ring (bicyclic) bond motifs is 1. The lowest BCUT2D eigenvalue weighted by atomic mass is 10.1. The number of aryl methyl sites for hydroxylation is 1. The van der Waals surface area contributed by atoms with Crippen molar-refractivity contribution in [2.24, 2.45) is 0 Å². The van der Waals surface area contributed by atoms with E-state index in [-0.39, 0.29) is 23.4 Å². The molecule has 162 valence electrons. The summed E-state index contributed by atoms with van der Waals surface area (Å²) in [5.74, 6) is -0.108. The summed E-state index contributed by atoms with van der Waals surface area (Å²) in [7, 11) is -3.74. The Morgan fingerprint density at radius 2 is 1.83 bits per heavy atom. The Morgan fingerprint density at radius 3 is 2.57 bits per heavy atom. The molecule has 1 aromatic carbocycles. The van der Waals surface area contributed by atoms with Gasteiger partial charge in [-0.2, -0.15) is 5.10 Å². The molecule has 8 heteroatoms. The van der Waals surface area contributed by atoms with E-state index >= 15 is 0 Å². The molecule has 0 spiro atoms. The largest absolute Gasteiger partial charge is 0.352 e. The first-order valence-electron chi connectivity index (χ1n) is 10.8.